The maximum atomic E-state index is 13.5. The zero-order valence-electron chi connectivity index (χ0n) is 19.5. The molecule has 5 rings (SSSR count). The molecular formula is C25H27ClN4O5. The Morgan fingerprint density at radius 2 is 1.86 bits per heavy atom. The molecule has 2 aromatic rings. The van der Waals surface area contributed by atoms with Crippen LogP contribution in [0.5, 0.6) is 11.5 Å². The van der Waals surface area contributed by atoms with Gasteiger partial charge in [0.2, 0.25) is 6.79 Å². The maximum absolute atomic E-state index is 13.5. The number of fused-ring (bicyclic) bond motifs is 1. The number of hydrazone groups is 1. The fraction of sp³-hybridized carbons (Fsp3) is 0.400. The molecule has 0 unspecified atom stereocenters. The summed E-state index contributed by atoms with van der Waals surface area (Å²) in [5, 5.41) is 6.90. The zero-order chi connectivity index (χ0) is 24.4. The first kappa shape index (κ1) is 23.4. The first-order chi connectivity index (χ1) is 17.0. The molecule has 0 aliphatic carbocycles. The summed E-state index contributed by atoms with van der Waals surface area (Å²) in [6.07, 6.45) is 0.223. The summed E-state index contributed by atoms with van der Waals surface area (Å²) in [6, 6.07) is 13.0. The number of halogens is 1. The number of nitrogens with zero attached hydrogens (tertiary/aromatic N) is 4. The van der Waals surface area contributed by atoms with Crippen LogP contribution in [-0.4, -0.2) is 78.6 Å². The topological polar surface area (TPSA) is 83.9 Å². The summed E-state index contributed by atoms with van der Waals surface area (Å²) in [7, 11) is 0. The Balaban J connectivity index is 1.34. The Kier molecular flexibility index (Phi) is 6.79. The fourth-order valence-corrected chi connectivity index (χ4v) is 4.79. The van der Waals surface area contributed by atoms with E-state index in [9.17, 15) is 9.59 Å². The van der Waals surface area contributed by atoms with Crippen LogP contribution in [0.4, 0.5) is 4.79 Å². The van der Waals surface area contributed by atoms with E-state index in [-0.39, 0.29) is 31.4 Å². The standard InChI is InChI=1S/C25H27ClN4O5/c1-2-33-25(32)29-11-9-28(10-12-29)15-24(31)30-21(17-7-8-22-23(13-17)35-16-34-22)14-20(27-30)18-5-3-4-6-19(18)26/h3-8,13,21H,2,9-12,14-16H2,1H3/t21-/m1/s1. The van der Waals surface area contributed by atoms with Crippen molar-refractivity contribution in [3.63, 3.8) is 0 Å². The van der Waals surface area contributed by atoms with Gasteiger partial charge in [-0.3, -0.25) is 9.69 Å². The summed E-state index contributed by atoms with van der Waals surface area (Å²) in [5.41, 5.74) is 2.50. The van der Waals surface area contributed by atoms with E-state index in [1.807, 2.05) is 47.4 Å². The van der Waals surface area contributed by atoms with Gasteiger partial charge in [-0.1, -0.05) is 35.9 Å². The van der Waals surface area contributed by atoms with Gasteiger partial charge >= 0.3 is 6.09 Å². The van der Waals surface area contributed by atoms with Crippen molar-refractivity contribution in [2.24, 2.45) is 5.10 Å². The van der Waals surface area contributed by atoms with Gasteiger partial charge in [-0.2, -0.15) is 5.10 Å². The lowest BCUT2D eigenvalue weighted by Gasteiger charge is -2.34. The minimum atomic E-state index is -0.310. The van der Waals surface area contributed by atoms with Gasteiger partial charge in [0, 0.05) is 43.2 Å². The van der Waals surface area contributed by atoms with Crippen LogP contribution in [-0.2, 0) is 9.53 Å². The number of benzene rings is 2. The molecule has 3 aliphatic heterocycles. The zero-order valence-corrected chi connectivity index (χ0v) is 20.2. The lowest BCUT2D eigenvalue weighted by Crippen LogP contribution is -2.51. The molecule has 184 valence electrons. The summed E-state index contributed by atoms with van der Waals surface area (Å²) in [5.74, 6) is 1.24. The molecular weight excluding hydrogens is 472 g/mol. The number of hydrogen-bond donors (Lipinski definition) is 0. The van der Waals surface area contributed by atoms with Crippen molar-refractivity contribution < 1.29 is 23.8 Å². The predicted molar refractivity (Wildman–Crippen MR) is 130 cm³/mol. The molecule has 0 N–H and O–H groups in total. The molecule has 2 amide bonds. The molecule has 1 atom stereocenters. The third-order valence-electron chi connectivity index (χ3n) is 6.39. The normalized spacial score (nSPS) is 19.6. The third-order valence-corrected chi connectivity index (χ3v) is 6.72. The Hall–Kier alpha value is -3.30. The number of piperazine rings is 1. The molecule has 3 heterocycles. The number of rotatable bonds is 5. The van der Waals surface area contributed by atoms with Crippen molar-refractivity contribution in [3.05, 3.63) is 58.6 Å². The van der Waals surface area contributed by atoms with Crippen LogP contribution in [0.1, 0.15) is 30.5 Å². The van der Waals surface area contributed by atoms with Crippen LogP contribution in [0.2, 0.25) is 5.02 Å². The van der Waals surface area contributed by atoms with E-state index < -0.39 is 0 Å². The van der Waals surface area contributed by atoms with Gasteiger partial charge in [0.1, 0.15) is 0 Å². The Morgan fingerprint density at radius 3 is 2.63 bits per heavy atom. The Bertz CT molecular complexity index is 1150. The van der Waals surface area contributed by atoms with Gasteiger partial charge < -0.3 is 19.1 Å². The Morgan fingerprint density at radius 1 is 1.09 bits per heavy atom. The molecule has 35 heavy (non-hydrogen) atoms. The minimum absolute atomic E-state index is 0.112. The number of carbonyl (C=O) groups excluding carboxylic acids is 2. The van der Waals surface area contributed by atoms with E-state index in [2.05, 4.69) is 0 Å². The van der Waals surface area contributed by atoms with Crippen LogP contribution in [0.15, 0.2) is 47.6 Å². The highest BCUT2D eigenvalue weighted by Gasteiger charge is 2.35. The molecule has 0 saturated carbocycles. The molecule has 9 nitrogen and oxygen atoms in total. The van der Waals surface area contributed by atoms with E-state index in [1.54, 1.807) is 16.8 Å². The van der Waals surface area contributed by atoms with Crippen molar-refractivity contribution >= 4 is 29.3 Å². The number of hydrogen-bond acceptors (Lipinski definition) is 7. The molecule has 1 saturated heterocycles. The smallest absolute Gasteiger partial charge is 0.409 e. The van der Waals surface area contributed by atoms with Crippen LogP contribution in [0, 0.1) is 0 Å². The average Bonchev–Trinajstić information content (AvgIpc) is 3.52. The second kappa shape index (κ2) is 10.1. The molecule has 0 radical (unpaired) electrons. The van der Waals surface area contributed by atoms with Gasteiger partial charge in [0.15, 0.2) is 11.5 Å². The lowest BCUT2D eigenvalue weighted by molar-refractivity contribution is -0.134. The van der Waals surface area contributed by atoms with Gasteiger partial charge in [-0.25, -0.2) is 9.80 Å². The quantitative estimate of drug-likeness (QED) is 0.627. The molecule has 0 bridgehead atoms. The van der Waals surface area contributed by atoms with Crippen LogP contribution < -0.4 is 9.47 Å². The van der Waals surface area contributed by atoms with E-state index in [0.717, 1.165) is 16.8 Å². The highest BCUT2D eigenvalue weighted by molar-refractivity contribution is 6.34. The number of amides is 2. The Labute approximate surface area is 208 Å². The monoisotopic (exact) mass is 498 g/mol. The van der Waals surface area contributed by atoms with Crippen LogP contribution in [0.3, 0.4) is 0 Å². The third kappa shape index (κ3) is 4.92. The molecule has 3 aliphatic rings. The predicted octanol–water partition coefficient (Wildman–Crippen LogP) is 3.52. The van der Waals surface area contributed by atoms with Crippen molar-refractivity contribution in [3.8, 4) is 11.5 Å². The molecule has 0 spiro atoms. The van der Waals surface area contributed by atoms with E-state index in [0.29, 0.717) is 55.7 Å². The first-order valence-electron chi connectivity index (χ1n) is 11.7. The summed E-state index contributed by atoms with van der Waals surface area (Å²) >= 11 is 6.45. The van der Waals surface area contributed by atoms with Crippen LogP contribution in [0.25, 0.3) is 0 Å². The number of ether oxygens (including phenoxy) is 3. The van der Waals surface area contributed by atoms with Crippen molar-refractivity contribution in [2.75, 3.05) is 46.1 Å². The summed E-state index contributed by atoms with van der Waals surface area (Å²) in [4.78, 5) is 29.2. The SMILES string of the molecule is CCOC(=O)N1CCN(CC(=O)N2N=C(c3ccccc3Cl)C[C@@H]2c2ccc3c(c2)OCO3)CC1. The summed E-state index contributed by atoms with van der Waals surface area (Å²) in [6.45, 7) is 4.75. The minimum Gasteiger partial charge on any atom is -0.454 e. The van der Waals surface area contributed by atoms with Crippen molar-refractivity contribution in [2.45, 2.75) is 19.4 Å². The van der Waals surface area contributed by atoms with Crippen LogP contribution >= 0.6 is 11.6 Å². The maximum Gasteiger partial charge on any atom is 0.409 e. The number of carbonyl (C=O) groups is 2. The average molecular weight is 499 g/mol. The van der Waals surface area contributed by atoms with E-state index in [1.165, 1.54) is 0 Å². The van der Waals surface area contributed by atoms with E-state index >= 15 is 0 Å². The molecule has 0 aromatic heterocycles. The summed E-state index contributed by atoms with van der Waals surface area (Å²) < 4.78 is 16.1. The van der Waals surface area contributed by atoms with Gasteiger partial charge in [-0.15, -0.1) is 0 Å². The molecule has 2 aromatic carbocycles. The first-order valence-corrected chi connectivity index (χ1v) is 12.1. The molecule has 10 heteroatoms. The van der Waals surface area contributed by atoms with Gasteiger partial charge in [-0.05, 0) is 30.7 Å². The highest BCUT2D eigenvalue weighted by atomic mass is 35.5. The van der Waals surface area contributed by atoms with Crippen molar-refractivity contribution in [1.29, 1.82) is 0 Å². The largest absolute Gasteiger partial charge is 0.454 e. The van der Waals surface area contributed by atoms with E-state index in [4.69, 9.17) is 30.9 Å². The molecule has 1 fully saturated rings. The lowest BCUT2D eigenvalue weighted by atomic mass is 9.98. The van der Waals surface area contributed by atoms with Crippen molar-refractivity contribution in [1.82, 2.24) is 14.8 Å². The van der Waals surface area contributed by atoms with Gasteiger partial charge in [0.25, 0.3) is 5.91 Å². The highest BCUT2D eigenvalue weighted by Crippen LogP contribution is 2.39. The second-order valence-corrected chi connectivity index (χ2v) is 8.97. The fourth-order valence-electron chi connectivity index (χ4n) is 4.55. The second-order valence-electron chi connectivity index (χ2n) is 8.56. The van der Waals surface area contributed by atoms with Gasteiger partial charge in [0.05, 0.1) is 24.9 Å².